The summed E-state index contributed by atoms with van der Waals surface area (Å²) in [7, 11) is 3.99. The fourth-order valence-electron chi connectivity index (χ4n) is 1.86. The van der Waals surface area contributed by atoms with Gasteiger partial charge in [0.15, 0.2) is 17.1 Å². The smallest absolute Gasteiger partial charge is 0.343 e. The summed E-state index contributed by atoms with van der Waals surface area (Å²) in [5.74, 6) is -1.95. The zero-order chi connectivity index (χ0) is 16.0. The van der Waals surface area contributed by atoms with Gasteiger partial charge in [0.1, 0.15) is 0 Å². The molecule has 0 spiro atoms. The number of rotatable bonds is 8. The minimum Gasteiger partial charge on any atom is -0.503 e. The van der Waals surface area contributed by atoms with Crippen LogP contribution in [0.25, 0.3) is 0 Å². The lowest BCUT2D eigenvalue weighted by molar-refractivity contribution is 0.0687. The molecule has 21 heavy (non-hydrogen) atoms. The molecule has 1 rings (SSSR count). The first kappa shape index (κ1) is 16.7. The Hall–Kier alpha value is -2.31. The number of hydrogen-bond donors (Lipinski definition) is 2. The van der Waals surface area contributed by atoms with Gasteiger partial charge in [-0.05, 0) is 6.42 Å². The zero-order valence-electron chi connectivity index (χ0n) is 12.6. The molecule has 118 valence electrons. The molecule has 0 radical (unpaired) electrons. The lowest BCUT2D eigenvalue weighted by atomic mass is 10.1. The average molecular weight is 300 g/mol. The van der Waals surface area contributed by atoms with Crippen molar-refractivity contribution < 1.29 is 34.0 Å². The third kappa shape index (κ3) is 3.24. The van der Waals surface area contributed by atoms with Gasteiger partial charge in [-0.3, -0.25) is 0 Å². The molecule has 0 saturated carbocycles. The molecule has 1 aromatic rings. The van der Waals surface area contributed by atoms with E-state index in [1.165, 1.54) is 21.3 Å². The Balaban J connectivity index is 3.53. The molecule has 0 aliphatic rings. The van der Waals surface area contributed by atoms with Crippen LogP contribution < -0.4 is 18.9 Å². The van der Waals surface area contributed by atoms with Gasteiger partial charge >= 0.3 is 5.97 Å². The van der Waals surface area contributed by atoms with E-state index in [0.717, 1.165) is 12.8 Å². The number of carboxylic acids is 1. The largest absolute Gasteiger partial charge is 0.503 e. The molecular formula is C14H20O7. The van der Waals surface area contributed by atoms with Crippen LogP contribution in [0.15, 0.2) is 0 Å². The number of unbranched alkanes of at least 4 members (excludes halogenated alkanes) is 1. The van der Waals surface area contributed by atoms with E-state index in [2.05, 4.69) is 0 Å². The van der Waals surface area contributed by atoms with Crippen LogP contribution >= 0.6 is 0 Å². The van der Waals surface area contributed by atoms with Gasteiger partial charge in [-0.1, -0.05) is 13.3 Å². The maximum Gasteiger partial charge on any atom is 0.343 e. The fourth-order valence-corrected chi connectivity index (χ4v) is 1.86. The third-order valence-corrected chi connectivity index (χ3v) is 2.87. The number of phenols is 1. The van der Waals surface area contributed by atoms with Crippen molar-refractivity contribution in [2.45, 2.75) is 19.8 Å². The summed E-state index contributed by atoms with van der Waals surface area (Å²) in [5.41, 5.74) is -0.429. The summed E-state index contributed by atoms with van der Waals surface area (Å²) in [6, 6.07) is 0. The van der Waals surface area contributed by atoms with E-state index in [4.69, 9.17) is 18.9 Å². The SMILES string of the molecule is CCCCOc1c(O)c(C(=O)O)c(OC)c(OC)c1OC. The lowest BCUT2D eigenvalue weighted by Crippen LogP contribution is -2.08. The Labute approximate surface area is 123 Å². The summed E-state index contributed by atoms with van der Waals surface area (Å²) in [5, 5.41) is 19.4. The maximum atomic E-state index is 11.4. The van der Waals surface area contributed by atoms with Crippen LogP contribution in [0.3, 0.4) is 0 Å². The highest BCUT2D eigenvalue weighted by atomic mass is 16.6. The maximum absolute atomic E-state index is 11.4. The van der Waals surface area contributed by atoms with Gasteiger partial charge < -0.3 is 29.2 Å². The van der Waals surface area contributed by atoms with Crippen LogP contribution in [0, 0.1) is 0 Å². The monoisotopic (exact) mass is 300 g/mol. The second-order valence-electron chi connectivity index (χ2n) is 4.16. The summed E-state index contributed by atoms with van der Waals surface area (Å²) in [6.45, 7) is 2.30. The number of aromatic carboxylic acids is 1. The van der Waals surface area contributed by atoms with Gasteiger partial charge in [0.05, 0.1) is 27.9 Å². The molecule has 7 nitrogen and oxygen atoms in total. The van der Waals surface area contributed by atoms with Crippen LogP contribution in [-0.4, -0.2) is 44.1 Å². The second-order valence-corrected chi connectivity index (χ2v) is 4.16. The Bertz CT molecular complexity index is 511. The van der Waals surface area contributed by atoms with Crippen LogP contribution in [0.4, 0.5) is 0 Å². The van der Waals surface area contributed by atoms with Gasteiger partial charge in [-0.15, -0.1) is 0 Å². The minimum atomic E-state index is -1.36. The van der Waals surface area contributed by atoms with Crippen molar-refractivity contribution in [1.82, 2.24) is 0 Å². The first-order valence-corrected chi connectivity index (χ1v) is 6.44. The summed E-state index contributed by atoms with van der Waals surface area (Å²) < 4.78 is 20.8. The highest BCUT2D eigenvalue weighted by molar-refractivity contribution is 5.97. The molecule has 0 aliphatic carbocycles. The molecule has 0 saturated heterocycles. The standard InChI is InChI=1S/C14H20O7/c1-5-6-7-21-11-9(15)8(14(16)17)10(18-2)12(19-3)13(11)20-4/h15H,5-7H2,1-4H3,(H,16,17). The number of hydrogen-bond acceptors (Lipinski definition) is 6. The first-order chi connectivity index (χ1) is 10.0. The molecule has 0 heterocycles. The normalized spacial score (nSPS) is 10.1. The van der Waals surface area contributed by atoms with Gasteiger partial charge in [-0.2, -0.15) is 0 Å². The van der Waals surface area contributed by atoms with Gasteiger partial charge in [0, 0.05) is 0 Å². The number of methoxy groups -OCH3 is 3. The molecule has 0 amide bonds. The lowest BCUT2D eigenvalue weighted by Gasteiger charge is -2.19. The van der Waals surface area contributed by atoms with Crippen molar-refractivity contribution in [2.24, 2.45) is 0 Å². The number of aromatic hydroxyl groups is 1. The number of ether oxygens (including phenoxy) is 4. The van der Waals surface area contributed by atoms with Crippen molar-refractivity contribution in [3.8, 4) is 28.7 Å². The van der Waals surface area contributed by atoms with Crippen molar-refractivity contribution >= 4 is 5.97 Å². The quantitative estimate of drug-likeness (QED) is 0.711. The summed E-state index contributed by atoms with van der Waals surface area (Å²) in [4.78, 5) is 11.4. The molecule has 0 atom stereocenters. The highest BCUT2D eigenvalue weighted by Gasteiger charge is 2.31. The van der Waals surface area contributed by atoms with E-state index in [1.807, 2.05) is 6.92 Å². The summed E-state index contributed by atoms with van der Waals surface area (Å²) >= 11 is 0. The van der Waals surface area contributed by atoms with Gasteiger partial charge in [0.2, 0.25) is 17.2 Å². The molecular weight excluding hydrogens is 280 g/mol. The molecule has 2 N–H and O–H groups in total. The Morgan fingerprint density at radius 2 is 1.52 bits per heavy atom. The van der Waals surface area contributed by atoms with Crippen molar-refractivity contribution in [1.29, 1.82) is 0 Å². The summed E-state index contributed by atoms with van der Waals surface area (Å²) in [6.07, 6.45) is 1.64. The average Bonchev–Trinajstić information content (AvgIpc) is 2.47. The Kier molecular flexibility index (Phi) is 5.95. The van der Waals surface area contributed by atoms with E-state index in [1.54, 1.807) is 0 Å². The molecule has 0 unspecified atom stereocenters. The Morgan fingerprint density at radius 1 is 1.00 bits per heavy atom. The zero-order valence-corrected chi connectivity index (χ0v) is 12.6. The third-order valence-electron chi connectivity index (χ3n) is 2.87. The minimum absolute atomic E-state index is 0.0571. The number of carbonyl (C=O) groups is 1. The van der Waals surface area contributed by atoms with Gasteiger partial charge in [-0.25, -0.2) is 4.79 Å². The van der Waals surface area contributed by atoms with E-state index < -0.39 is 17.3 Å². The highest BCUT2D eigenvalue weighted by Crippen LogP contribution is 2.53. The van der Waals surface area contributed by atoms with Crippen molar-refractivity contribution in [2.75, 3.05) is 27.9 Å². The van der Waals surface area contributed by atoms with E-state index in [-0.39, 0.29) is 23.0 Å². The van der Waals surface area contributed by atoms with E-state index in [9.17, 15) is 15.0 Å². The molecule has 0 aliphatic heterocycles. The van der Waals surface area contributed by atoms with Crippen LogP contribution in [0.5, 0.6) is 28.7 Å². The van der Waals surface area contributed by atoms with Gasteiger partial charge in [0.25, 0.3) is 0 Å². The predicted molar refractivity (Wildman–Crippen MR) is 75.1 cm³/mol. The van der Waals surface area contributed by atoms with E-state index in [0.29, 0.717) is 6.61 Å². The van der Waals surface area contributed by atoms with Crippen molar-refractivity contribution in [3.05, 3.63) is 5.56 Å². The molecule has 0 bridgehead atoms. The molecule has 0 aromatic heterocycles. The first-order valence-electron chi connectivity index (χ1n) is 6.44. The number of carboxylic acid groups (broad SMARTS) is 1. The van der Waals surface area contributed by atoms with Crippen LogP contribution in [0.1, 0.15) is 30.1 Å². The van der Waals surface area contributed by atoms with E-state index >= 15 is 0 Å². The topological polar surface area (TPSA) is 94.5 Å². The Morgan fingerprint density at radius 3 is 1.95 bits per heavy atom. The van der Waals surface area contributed by atoms with Crippen LogP contribution in [-0.2, 0) is 0 Å². The number of benzene rings is 1. The second kappa shape index (κ2) is 7.47. The molecule has 7 heteroatoms. The molecule has 0 fully saturated rings. The van der Waals surface area contributed by atoms with Crippen LogP contribution in [0.2, 0.25) is 0 Å². The van der Waals surface area contributed by atoms with Crippen molar-refractivity contribution in [3.63, 3.8) is 0 Å². The fraction of sp³-hybridized carbons (Fsp3) is 0.500. The molecule has 1 aromatic carbocycles. The predicted octanol–water partition coefficient (Wildman–Crippen LogP) is 2.30.